The summed E-state index contributed by atoms with van der Waals surface area (Å²) in [6.07, 6.45) is 3.77. The Bertz CT molecular complexity index is 778. The first-order valence-electron chi connectivity index (χ1n) is 8.98. The van der Waals surface area contributed by atoms with Gasteiger partial charge >= 0.3 is 0 Å². The zero-order valence-corrected chi connectivity index (χ0v) is 16.7. The van der Waals surface area contributed by atoms with Gasteiger partial charge in [0, 0.05) is 11.1 Å². The molecule has 0 aliphatic heterocycles. The van der Waals surface area contributed by atoms with Gasteiger partial charge in [-0.3, -0.25) is 4.79 Å². The van der Waals surface area contributed by atoms with E-state index >= 15 is 0 Å². The fourth-order valence-electron chi connectivity index (χ4n) is 3.46. The third-order valence-corrected chi connectivity index (χ3v) is 5.07. The van der Waals surface area contributed by atoms with E-state index in [1.807, 2.05) is 38.1 Å². The maximum Gasteiger partial charge on any atom is 0.249 e. The number of nitrogens with zero attached hydrogens (tertiary/aromatic N) is 2. The zero-order valence-electron chi connectivity index (χ0n) is 15.9. The molecule has 0 bridgehead atoms. The Kier molecular flexibility index (Phi) is 6.84. The third-order valence-electron chi connectivity index (χ3n) is 5.07. The first-order chi connectivity index (χ1) is 12.4. The molecular formula is C19H27ClN4O3. The molecule has 1 aromatic carbocycles. The molecule has 148 valence electrons. The Morgan fingerprint density at radius 3 is 2.93 bits per heavy atom. The van der Waals surface area contributed by atoms with E-state index in [1.165, 1.54) is 0 Å². The predicted octanol–water partition coefficient (Wildman–Crippen LogP) is 3.25. The van der Waals surface area contributed by atoms with Gasteiger partial charge in [0.25, 0.3) is 0 Å². The quantitative estimate of drug-likeness (QED) is 0.806. The normalized spacial score (nSPS) is 23.2. The number of aromatic nitrogens is 2. The van der Waals surface area contributed by atoms with Crippen molar-refractivity contribution < 1.29 is 14.1 Å². The van der Waals surface area contributed by atoms with Gasteiger partial charge in [-0.15, -0.1) is 12.4 Å². The monoisotopic (exact) mass is 394 g/mol. The van der Waals surface area contributed by atoms with Crippen molar-refractivity contribution in [2.75, 3.05) is 7.11 Å². The summed E-state index contributed by atoms with van der Waals surface area (Å²) in [7, 11) is 1.61. The van der Waals surface area contributed by atoms with Crippen LogP contribution in [0, 0.1) is 5.92 Å². The average Bonchev–Trinajstić information content (AvgIpc) is 3.11. The van der Waals surface area contributed by atoms with Gasteiger partial charge in [0.2, 0.25) is 17.6 Å². The lowest BCUT2D eigenvalue weighted by molar-refractivity contribution is -0.129. The number of nitrogens with one attached hydrogen (secondary N) is 1. The highest BCUT2D eigenvalue weighted by molar-refractivity contribution is 5.85. The molecule has 27 heavy (non-hydrogen) atoms. The van der Waals surface area contributed by atoms with Crippen LogP contribution in [0.5, 0.6) is 5.75 Å². The van der Waals surface area contributed by atoms with Crippen molar-refractivity contribution in [2.45, 2.75) is 51.1 Å². The van der Waals surface area contributed by atoms with Gasteiger partial charge in [0.15, 0.2) is 0 Å². The highest BCUT2D eigenvalue weighted by Gasteiger charge is 2.38. The molecule has 2 aromatic rings. The Labute approximate surface area is 165 Å². The lowest BCUT2D eigenvalue weighted by Crippen LogP contribution is -2.53. The average molecular weight is 395 g/mol. The number of halogens is 1. The summed E-state index contributed by atoms with van der Waals surface area (Å²) in [5, 5.41) is 6.98. The fraction of sp³-hybridized carbons (Fsp3) is 0.526. The van der Waals surface area contributed by atoms with Gasteiger partial charge in [-0.25, -0.2) is 0 Å². The van der Waals surface area contributed by atoms with Crippen LogP contribution in [0.25, 0.3) is 11.4 Å². The number of hydrogen-bond donors (Lipinski definition) is 2. The molecule has 1 heterocycles. The summed E-state index contributed by atoms with van der Waals surface area (Å²) < 4.78 is 10.6. The van der Waals surface area contributed by atoms with Crippen LogP contribution in [-0.2, 0) is 4.79 Å². The Morgan fingerprint density at radius 2 is 2.22 bits per heavy atom. The predicted molar refractivity (Wildman–Crippen MR) is 105 cm³/mol. The van der Waals surface area contributed by atoms with Crippen LogP contribution in [0.1, 0.15) is 51.5 Å². The van der Waals surface area contributed by atoms with Crippen LogP contribution in [0.3, 0.4) is 0 Å². The Hall–Kier alpha value is -2.12. The van der Waals surface area contributed by atoms with E-state index < -0.39 is 5.54 Å². The lowest BCUT2D eigenvalue weighted by Gasteiger charge is -2.37. The van der Waals surface area contributed by atoms with Crippen molar-refractivity contribution in [3.05, 3.63) is 30.2 Å². The van der Waals surface area contributed by atoms with Crippen molar-refractivity contribution in [3.63, 3.8) is 0 Å². The van der Waals surface area contributed by atoms with Crippen LogP contribution in [-0.4, -0.2) is 28.7 Å². The molecule has 1 aliphatic rings. The van der Waals surface area contributed by atoms with Crippen LogP contribution in [0.15, 0.2) is 28.8 Å². The molecule has 3 N–H and O–H groups in total. The first-order valence-corrected chi connectivity index (χ1v) is 8.98. The summed E-state index contributed by atoms with van der Waals surface area (Å²) in [6.45, 7) is 3.78. The van der Waals surface area contributed by atoms with E-state index in [1.54, 1.807) is 7.11 Å². The zero-order chi connectivity index (χ0) is 18.7. The molecule has 1 aromatic heterocycles. The van der Waals surface area contributed by atoms with E-state index in [-0.39, 0.29) is 30.3 Å². The number of ether oxygens (including phenoxy) is 1. The van der Waals surface area contributed by atoms with Gasteiger partial charge in [0.1, 0.15) is 11.8 Å². The van der Waals surface area contributed by atoms with Gasteiger partial charge < -0.3 is 20.3 Å². The van der Waals surface area contributed by atoms with Gasteiger partial charge in [-0.2, -0.15) is 4.98 Å². The minimum absolute atomic E-state index is 0. The molecule has 1 saturated carbocycles. The fourth-order valence-corrected chi connectivity index (χ4v) is 3.46. The first kappa shape index (κ1) is 21.2. The maximum atomic E-state index is 12.7. The van der Waals surface area contributed by atoms with Crippen molar-refractivity contribution in [1.29, 1.82) is 0 Å². The molecule has 0 radical (unpaired) electrons. The second kappa shape index (κ2) is 8.71. The van der Waals surface area contributed by atoms with E-state index in [9.17, 15) is 4.79 Å². The largest absolute Gasteiger partial charge is 0.497 e. The minimum Gasteiger partial charge on any atom is -0.497 e. The summed E-state index contributed by atoms with van der Waals surface area (Å²) >= 11 is 0. The number of rotatable bonds is 5. The summed E-state index contributed by atoms with van der Waals surface area (Å²) in [6, 6.07) is 7.04. The number of amides is 1. The maximum absolute atomic E-state index is 12.7. The Balaban J connectivity index is 0.00000261. The van der Waals surface area contributed by atoms with Crippen molar-refractivity contribution >= 4 is 18.3 Å². The number of carbonyl (C=O) groups excluding carboxylic acids is 1. The second-order valence-corrected chi connectivity index (χ2v) is 7.22. The van der Waals surface area contributed by atoms with Gasteiger partial charge in [-0.1, -0.05) is 30.1 Å². The topological polar surface area (TPSA) is 103 Å². The molecule has 0 spiro atoms. The van der Waals surface area contributed by atoms with Crippen molar-refractivity contribution in [1.82, 2.24) is 15.5 Å². The molecule has 1 amide bonds. The summed E-state index contributed by atoms with van der Waals surface area (Å²) in [4.78, 5) is 17.1. The van der Waals surface area contributed by atoms with Gasteiger partial charge in [0.05, 0.1) is 13.0 Å². The molecule has 0 saturated heterocycles. The van der Waals surface area contributed by atoms with Crippen LogP contribution < -0.4 is 15.8 Å². The molecule has 1 fully saturated rings. The molecule has 3 rings (SSSR count). The van der Waals surface area contributed by atoms with Gasteiger partial charge in [-0.05, 0) is 38.8 Å². The molecule has 8 heteroatoms. The highest BCUT2D eigenvalue weighted by atomic mass is 35.5. The SMILES string of the molecule is COc1cccc(-c2noc(C(C)NC(=O)C3CCCCC3(C)N)n2)c1.Cl. The molecule has 7 nitrogen and oxygen atoms in total. The number of carbonyl (C=O) groups is 1. The van der Waals surface area contributed by atoms with Crippen LogP contribution in [0.4, 0.5) is 0 Å². The number of benzene rings is 1. The second-order valence-electron chi connectivity index (χ2n) is 7.22. The third kappa shape index (κ3) is 4.78. The lowest BCUT2D eigenvalue weighted by atomic mass is 9.74. The van der Waals surface area contributed by atoms with E-state index in [0.29, 0.717) is 11.7 Å². The highest BCUT2D eigenvalue weighted by Crippen LogP contribution is 2.32. The van der Waals surface area contributed by atoms with E-state index in [4.69, 9.17) is 15.0 Å². The number of hydrogen-bond acceptors (Lipinski definition) is 6. The van der Waals surface area contributed by atoms with Crippen LogP contribution in [0.2, 0.25) is 0 Å². The standard InChI is InChI=1S/C19H26N4O3.ClH/c1-12(21-17(24)15-9-4-5-10-19(15,2)20)18-22-16(23-26-18)13-7-6-8-14(11-13)25-3;/h6-8,11-12,15H,4-5,9-10,20H2,1-3H3,(H,21,24);1H. The van der Waals surface area contributed by atoms with Crippen molar-refractivity contribution in [2.24, 2.45) is 11.7 Å². The van der Waals surface area contributed by atoms with Crippen LogP contribution >= 0.6 is 12.4 Å². The molecule has 1 aliphatic carbocycles. The van der Waals surface area contributed by atoms with Crippen molar-refractivity contribution in [3.8, 4) is 17.1 Å². The minimum atomic E-state index is -0.470. The summed E-state index contributed by atoms with van der Waals surface area (Å²) in [5.41, 5.74) is 6.64. The number of nitrogens with two attached hydrogens (primary N) is 1. The molecule has 3 unspecified atom stereocenters. The number of methoxy groups -OCH3 is 1. The Morgan fingerprint density at radius 1 is 1.44 bits per heavy atom. The van der Waals surface area contributed by atoms with E-state index in [0.717, 1.165) is 37.0 Å². The molecule has 3 atom stereocenters. The van der Waals surface area contributed by atoms with E-state index in [2.05, 4.69) is 15.5 Å². The smallest absolute Gasteiger partial charge is 0.249 e. The summed E-state index contributed by atoms with van der Waals surface area (Å²) in [5.74, 6) is 1.30. The molecular weight excluding hydrogens is 368 g/mol.